The molecule has 1 N–H and O–H groups in total. The summed E-state index contributed by atoms with van der Waals surface area (Å²) in [5.41, 5.74) is 6.21. The average molecular weight is 349 g/mol. The maximum Gasteiger partial charge on any atom is 0.200 e. The van der Waals surface area contributed by atoms with Gasteiger partial charge >= 0.3 is 0 Å². The molecule has 1 aliphatic rings. The minimum atomic E-state index is 0.153. The van der Waals surface area contributed by atoms with Crippen molar-refractivity contribution in [3.63, 3.8) is 0 Å². The Morgan fingerprint density at radius 1 is 1.35 bits per heavy atom. The van der Waals surface area contributed by atoms with E-state index >= 15 is 0 Å². The Balaban J connectivity index is 1.62. The predicted octanol–water partition coefficient (Wildman–Crippen LogP) is 1.30. The third-order valence-electron chi connectivity index (χ3n) is 4.96. The molecular formula is C17H19N9. The van der Waals surface area contributed by atoms with Crippen LogP contribution in [0, 0.1) is 0 Å². The lowest BCUT2D eigenvalue weighted by molar-refractivity contribution is 0.643. The summed E-state index contributed by atoms with van der Waals surface area (Å²) in [5.74, 6) is 0.153. The Morgan fingerprint density at radius 2 is 2.27 bits per heavy atom. The molecule has 1 aliphatic heterocycles. The Bertz CT molecular complexity index is 1070. The van der Waals surface area contributed by atoms with Gasteiger partial charge < -0.3 is 9.88 Å². The van der Waals surface area contributed by atoms with Gasteiger partial charge in [-0.15, -0.1) is 10.2 Å². The Kier molecular flexibility index (Phi) is 3.27. The highest BCUT2D eigenvalue weighted by Crippen LogP contribution is 2.35. The van der Waals surface area contributed by atoms with Crippen LogP contribution in [-0.2, 0) is 20.0 Å². The van der Waals surface area contributed by atoms with Crippen LogP contribution in [0.1, 0.15) is 35.5 Å². The van der Waals surface area contributed by atoms with Crippen molar-refractivity contribution < 1.29 is 0 Å². The predicted molar refractivity (Wildman–Crippen MR) is 94.8 cm³/mol. The van der Waals surface area contributed by atoms with Crippen molar-refractivity contribution in [3.8, 4) is 0 Å². The quantitative estimate of drug-likeness (QED) is 0.599. The fraction of sp³-hybridized carbons (Fsp3) is 0.353. The smallest absolute Gasteiger partial charge is 0.200 e. The lowest BCUT2D eigenvalue weighted by atomic mass is 9.93. The number of rotatable bonds is 3. The molecule has 1 unspecified atom stereocenters. The monoisotopic (exact) mass is 349 g/mol. The van der Waals surface area contributed by atoms with Gasteiger partial charge in [0.2, 0.25) is 5.65 Å². The molecule has 1 atom stereocenters. The fourth-order valence-corrected chi connectivity index (χ4v) is 3.65. The van der Waals surface area contributed by atoms with E-state index in [-0.39, 0.29) is 5.92 Å². The zero-order valence-electron chi connectivity index (χ0n) is 14.7. The number of fused-ring (bicyclic) bond motifs is 2. The first-order valence-corrected chi connectivity index (χ1v) is 8.68. The van der Waals surface area contributed by atoms with Gasteiger partial charge in [-0.25, -0.2) is 4.98 Å². The SMILES string of the molecule is CCc1cc(N2Cc3[nH]cnc3C(c3cnn(C)c3)C2)c2nncn2n1. The van der Waals surface area contributed by atoms with Gasteiger partial charge in [0.05, 0.1) is 41.8 Å². The van der Waals surface area contributed by atoms with Gasteiger partial charge in [-0.05, 0) is 12.5 Å². The molecule has 0 radical (unpaired) electrons. The van der Waals surface area contributed by atoms with Gasteiger partial charge in [0.15, 0.2) is 0 Å². The summed E-state index contributed by atoms with van der Waals surface area (Å²) in [7, 11) is 1.94. The van der Waals surface area contributed by atoms with E-state index in [1.807, 2.05) is 17.9 Å². The van der Waals surface area contributed by atoms with E-state index in [0.717, 1.165) is 53.5 Å². The Morgan fingerprint density at radius 3 is 3.08 bits per heavy atom. The highest BCUT2D eigenvalue weighted by molar-refractivity contribution is 5.69. The van der Waals surface area contributed by atoms with E-state index in [1.165, 1.54) is 0 Å². The topological polar surface area (TPSA) is 92.8 Å². The molecule has 4 aromatic rings. The fourth-order valence-electron chi connectivity index (χ4n) is 3.65. The number of aromatic nitrogens is 8. The van der Waals surface area contributed by atoms with Gasteiger partial charge in [-0.2, -0.15) is 14.7 Å². The van der Waals surface area contributed by atoms with Crippen molar-refractivity contribution in [1.29, 1.82) is 0 Å². The Labute approximate surface area is 149 Å². The van der Waals surface area contributed by atoms with Crippen LogP contribution in [0.25, 0.3) is 5.65 Å². The number of imidazole rings is 1. The van der Waals surface area contributed by atoms with Crippen LogP contribution in [0.15, 0.2) is 31.1 Å². The van der Waals surface area contributed by atoms with Gasteiger partial charge in [-0.3, -0.25) is 4.68 Å². The molecule has 5 rings (SSSR count). The van der Waals surface area contributed by atoms with E-state index in [4.69, 9.17) is 0 Å². The number of nitrogens with one attached hydrogen (secondary N) is 1. The number of hydrogen-bond acceptors (Lipinski definition) is 6. The van der Waals surface area contributed by atoms with E-state index in [0.29, 0.717) is 0 Å². The standard InChI is InChI=1S/C17H19N9/c1-3-12-4-15(17-22-20-10-26(17)23-12)25-7-13(11-5-21-24(2)6-11)16-14(8-25)18-9-19-16/h4-6,9-10,13H,3,7-8H2,1-2H3,(H,18,19). The number of nitrogens with zero attached hydrogens (tertiary/aromatic N) is 8. The summed E-state index contributed by atoms with van der Waals surface area (Å²) >= 11 is 0. The van der Waals surface area contributed by atoms with Crippen LogP contribution in [0.4, 0.5) is 5.69 Å². The van der Waals surface area contributed by atoms with E-state index in [9.17, 15) is 0 Å². The minimum absolute atomic E-state index is 0.153. The molecule has 4 aromatic heterocycles. The molecule has 0 saturated heterocycles. The molecule has 132 valence electrons. The number of aromatic amines is 1. The third kappa shape index (κ3) is 2.27. The summed E-state index contributed by atoms with van der Waals surface area (Å²) in [5, 5.41) is 17.2. The van der Waals surface area contributed by atoms with Crippen molar-refractivity contribution in [2.24, 2.45) is 7.05 Å². The van der Waals surface area contributed by atoms with E-state index < -0.39 is 0 Å². The van der Waals surface area contributed by atoms with Crippen LogP contribution < -0.4 is 4.90 Å². The second-order valence-electron chi connectivity index (χ2n) is 6.62. The third-order valence-corrected chi connectivity index (χ3v) is 4.96. The van der Waals surface area contributed by atoms with Crippen molar-refractivity contribution >= 4 is 11.3 Å². The first-order valence-electron chi connectivity index (χ1n) is 8.68. The molecule has 0 fully saturated rings. The normalized spacial score (nSPS) is 17.0. The van der Waals surface area contributed by atoms with Crippen LogP contribution >= 0.6 is 0 Å². The van der Waals surface area contributed by atoms with Gasteiger partial charge in [-0.1, -0.05) is 6.92 Å². The summed E-state index contributed by atoms with van der Waals surface area (Å²) in [4.78, 5) is 10.2. The molecule has 0 aliphatic carbocycles. The van der Waals surface area contributed by atoms with Crippen molar-refractivity contribution in [3.05, 3.63) is 53.8 Å². The van der Waals surface area contributed by atoms with Crippen molar-refractivity contribution in [2.75, 3.05) is 11.4 Å². The molecule has 5 heterocycles. The maximum absolute atomic E-state index is 4.57. The molecule has 0 bridgehead atoms. The summed E-state index contributed by atoms with van der Waals surface area (Å²) in [6, 6.07) is 2.12. The van der Waals surface area contributed by atoms with Crippen molar-refractivity contribution in [2.45, 2.75) is 25.8 Å². The molecule has 0 spiro atoms. The summed E-state index contributed by atoms with van der Waals surface area (Å²) in [6.45, 7) is 3.66. The van der Waals surface area contributed by atoms with Crippen LogP contribution in [0.3, 0.4) is 0 Å². The highest BCUT2D eigenvalue weighted by atomic mass is 15.4. The number of anilines is 1. The number of H-pyrrole nitrogens is 1. The van der Waals surface area contributed by atoms with Crippen molar-refractivity contribution in [1.82, 2.24) is 39.6 Å². The summed E-state index contributed by atoms with van der Waals surface area (Å²) in [6.07, 6.45) is 8.26. The largest absolute Gasteiger partial charge is 0.361 e. The van der Waals surface area contributed by atoms with Gasteiger partial charge in [0.25, 0.3) is 0 Å². The first-order chi connectivity index (χ1) is 12.7. The van der Waals surface area contributed by atoms with Crippen LogP contribution in [-0.4, -0.2) is 46.1 Å². The molecule has 9 nitrogen and oxygen atoms in total. The van der Waals surface area contributed by atoms with E-state index in [2.05, 4.69) is 54.4 Å². The lowest BCUT2D eigenvalue weighted by Gasteiger charge is -2.33. The zero-order valence-corrected chi connectivity index (χ0v) is 14.7. The molecule has 26 heavy (non-hydrogen) atoms. The van der Waals surface area contributed by atoms with Crippen LogP contribution in [0.2, 0.25) is 0 Å². The maximum atomic E-state index is 4.57. The number of hydrogen-bond donors (Lipinski definition) is 1. The molecule has 0 saturated carbocycles. The second-order valence-corrected chi connectivity index (χ2v) is 6.62. The highest BCUT2D eigenvalue weighted by Gasteiger charge is 2.31. The van der Waals surface area contributed by atoms with Crippen LogP contribution in [0.5, 0.6) is 0 Å². The van der Waals surface area contributed by atoms with Gasteiger partial charge in [0.1, 0.15) is 6.33 Å². The van der Waals surface area contributed by atoms with E-state index in [1.54, 1.807) is 17.2 Å². The van der Waals surface area contributed by atoms with Gasteiger partial charge in [0, 0.05) is 31.3 Å². The zero-order chi connectivity index (χ0) is 17.7. The lowest BCUT2D eigenvalue weighted by Crippen LogP contribution is -2.34. The second kappa shape index (κ2) is 5.65. The molecule has 0 aromatic carbocycles. The Hall–Kier alpha value is -3.23. The number of aryl methyl sites for hydroxylation is 2. The summed E-state index contributed by atoms with van der Waals surface area (Å²) < 4.78 is 3.59. The molecule has 0 amide bonds. The molecular weight excluding hydrogens is 330 g/mol. The minimum Gasteiger partial charge on any atom is -0.361 e. The average Bonchev–Trinajstić information content (AvgIpc) is 3.39. The molecule has 9 heteroatoms. The first kappa shape index (κ1) is 15.1.